The highest BCUT2D eigenvalue weighted by Gasteiger charge is 2.17. The van der Waals surface area contributed by atoms with Crippen molar-refractivity contribution in [3.8, 4) is 0 Å². The van der Waals surface area contributed by atoms with Gasteiger partial charge in [-0.3, -0.25) is 4.79 Å². The van der Waals surface area contributed by atoms with Crippen molar-refractivity contribution < 1.29 is 4.79 Å². The van der Waals surface area contributed by atoms with Crippen molar-refractivity contribution >= 4 is 11.6 Å². The van der Waals surface area contributed by atoms with Crippen LogP contribution in [0.25, 0.3) is 0 Å². The third kappa shape index (κ3) is 3.25. The molecule has 0 saturated heterocycles. The standard InChI is InChI=1S/C13H23N3O/c1-8(2)10(5)15-13(17)12-6-11(14)7-16(12)9(3)4/h6-10H,14H2,1-5H3,(H,15,17). The first kappa shape index (κ1) is 13.6. The molecule has 0 saturated carbocycles. The maximum Gasteiger partial charge on any atom is 0.268 e. The Morgan fingerprint density at radius 1 is 1.29 bits per heavy atom. The molecule has 0 aliphatic carbocycles. The Morgan fingerprint density at radius 3 is 2.35 bits per heavy atom. The second kappa shape index (κ2) is 5.25. The van der Waals surface area contributed by atoms with Crippen LogP contribution in [0.5, 0.6) is 0 Å². The minimum Gasteiger partial charge on any atom is -0.397 e. The van der Waals surface area contributed by atoms with Crippen molar-refractivity contribution in [3.63, 3.8) is 0 Å². The van der Waals surface area contributed by atoms with Gasteiger partial charge in [-0.25, -0.2) is 0 Å². The minimum atomic E-state index is -0.0587. The molecule has 1 unspecified atom stereocenters. The Labute approximate surface area is 103 Å². The Balaban J connectivity index is 2.89. The van der Waals surface area contributed by atoms with Gasteiger partial charge in [-0.15, -0.1) is 0 Å². The maximum atomic E-state index is 12.1. The smallest absolute Gasteiger partial charge is 0.268 e. The highest BCUT2D eigenvalue weighted by Crippen LogP contribution is 2.16. The van der Waals surface area contributed by atoms with Crippen LogP contribution in [0.2, 0.25) is 0 Å². The molecule has 1 aromatic heterocycles. The molecular weight excluding hydrogens is 214 g/mol. The molecule has 0 aliphatic rings. The van der Waals surface area contributed by atoms with Gasteiger partial charge < -0.3 is 15.6 Å². The summed E-state index contributed by atoms with van der Waals surface area (Å²) in [6.45, 7) is 10.2. The van der Waals surface area contributed by atoms with Crippen LogP contribution in [0.4, 0.5) is 5.69 Å². The lowest BCUT2D eigenvalue weighted by Crippen LogP contribution is -2.37. The largest absolute Gasteiger partial charge is 0.397 e. The summed E-state index contributed by atoms with van der Waals surface area (Å²) in [5.41, 5.74) is 7.00. The molecule has 1 heterocycles. The van der Waals surface area contributed by atoms with Crippen molar-refractivity contribution in [1.82, 2.24) is 9.88 Å². The zero-order valence-electron chi connectivity index (χ0n) is 11.3. The number of aromatic nitrogens is 1. The number of amides is 1. The average molecular weight is 237 g/mol. The zero-order valence-corrected chi connectivity index (χ0v) is 11.3. The van der Waals surface area contributed by atoms with E-state index < -0.39 is 0 Å². The lowest BCUT2D eigenvalue weighted by Gasteiger charge is -2.19. The lowest BCUT2D eigenvalue weighted by molar-refractivity contribution is 0.0919. The first-order chi connectivity index (χ1) is 7.82. The molecule has 1 amide bonds. The van der Waals surface area contributed by atoms with Gasteiger partial charge in [0.25, 0.3) is 5.91 Å². The predicted octanol–water partition coefficient (Wildman–Crippen LogP) is 2.43. The molecule has 0 spiro atoms. The normalized spacial score (nSPS) is 13.1. The van der Waals surface area contributed by atoms with Crippen molar-refractivity contribution in [3.05, 3.63) is 18.0 Å². The third-order valence-corrected chi connectivity index (χ3v) is 3.02. The summed E-state index contributed by atoms with van der Waals surface area (Å²) in [5, 5.41) is 2.99. The Bertz CT molecular complexity index is 393. The maximum absolute atomic E-state index is 12.1. The van der Waals surface area contributed by atoms with Gasteiger partial charge in [-0.05, 0) is 32.8 Å². The number of anilines is 1. The van der Waals surface area contributed by atoms with E-state index in [4.69, 9.17) is 5.73 Å². The number of nitrogens with one attached hydrogen (secondary N) is 1. The van der Waals surface area contributed by atoms with Gasteiger partial charge in [0.15, 0.2) is 0 Å². The van der Waals surface area contributed by atoms with E-state index >= 15 is 0 Å². The second-order valence-electron chi connectivity index (χ2n) is 5.17. The molecule has 0 aliphatic heterocycles. The summed E-state index contributed by atoms with van der Waals surface area (Å²) in [5.74, 6) is 0.357. The van der Waals surface area contributed by atoms with Crippen molar-refractivity contribution in [2.75, 3.05) is 5.73 Å². The minimum absolute atomic E-state index is 0.0587. The van der Waals surface area contributed by atoms with Crippen LogP contribution in [0, 0.1) is 5.92 Å². The van der Waals surface area contributed by atoms with E-state index in [-0.39, 0.29) is 18.0 Å². The number of nitrogens with zero attached hydrogens (tertiary/aromatic N) is 1. The summed E-state index contributed by atoms with van der Waals surface area (Å²) in [6, 6.07) is 2.10. The van der Waals surface area contributed by atoms with E-state index in [0.29, 0.717) is 17.3 Å². The molecule has 4 nitrogen and oxygen atoms in total. The van der Waals surface area contributed by atoms with Gasteiger partial charge in [0.05, 0.1) is 5.69 Å². The van der Waals surface area contributed by atoms with Crippen molar-refractivity contribution in [2.45, 2.75) is 46.7 Å². The lowest BCUT2D eigenvalue weighted by atomic mass is 10.1. The highest BCUT2D eigenvalue weighted by molar-refractivity contribution is 5.94. The zero-order chi connectivity index (χ0) is 13.2. The summed E-state index contributed by atoms with van der Waals surface area (Å²) in [4.78, 5) is 12.1. The van der Waals surface area contributed by atoms with Crippen LogP contribution in [0.15, 0.2) is 12.3 Å². The summed E-state index contributed by atoms with van der Waals surface area (Å²) < 4.78 is 1.90. The number of nitrogen functional groups attached to an aromatic ring is 1. The predicted molar refractivity (Wildman–Crippen MR) is 71.0 cm³/mol. The number of carbonyl (C=O) groups is 1. The molecule has 1 aromatic rings. The summed E-state index contributed by atoms with van der Waals surface area (Å²) in [7, 11) is 0. The first-order valence-corrected chi connectivity index (χ1v) is 6.11. The molecule has 0 bridgehead atoms. The number of hydrogen-bond acceptors (Lipinski definition) is 2. The Kier molecular flexibility index (Phi) is 4.21. The number of hydrogen-bond donors (Lipinski definition) is 2. The van der Waals surface area contributed by atoms with E-state index in [1.807, 2.05) is 25.3 Å². The van der Waals surface area contributed by atoms with Gasteiger partial charge in [0, 0.05) is 18.3 Å². The van der Waals surface area contributed by atoms with Gasteiger partial charge in [0.1, 0.15) is 5.69 Å². The van der Waals surface area contributed by atoms with Crippen LogP contribution >= 0.6 is 0 Å². The van der Waals surface area contributed by atoms with Crippen molar-refractivity contribution in [1.29, 1.82) is 0 Å². The Hall–Kier alpha value is -1.45. The molecule has 1 atom stereocenters. The number of carbonyl (C=O) groups excluding carboxylic acids is 1. The SMILES string of the molecule is CC(C)C(C)NC(=O)c1cc(N)cn1C(C)C. The molecule has 3 N–H and O–H groups in total. The van der Waals surface area contributed by atoms with E-state index in [2.05, 4.69) is 19.2 Å². The molecule has 96 valence electrons. The quantitative estimate of drug-likeness (QED) is 0.845. The number of rotatable bonds is 4. The first-order valence-electron chi connectivity index (χ1n) is 6.11. The monoisotopic (exact) mass is 237 g/mol. The molecular formula is C13H23N3O. The van der Waals surface area contributed by atoms with Crippen LogP contribution in [-0.4, -0.2) is 16.5 Å². The molecule has 0 fully saturated rings. The fourth-order valence-corrected chi connectivity index (χ4v) is 1.56. The van der Waals surface area contributed by atoms with E-state index in [1.165, 1.54) is 0 Å². The average Bonchev–Trinajstić information content (AvgIpc) is 2.60. The third-order valence-electron chi connectivity index (χ3n) is 3.02. The molecule has 0 aromatic carbocycles. The van der Waals surface area contributed by atoms with E-state index in [0.717, 1.165) is 0 Å². The van der Waals surface area contributed by atoms with Crippen LogP contribution < -0.4 is 11.1 Å². The van der Waals surface area contributed by atoms with Crippen molar-refractivity contribution in [2.24, 2.45) is 5.92 Å². The summed E-state index contributed by atoms with van der Waals surface area (Å²) >= 11 is 0. The molecule has 0 radical (unpaired) electrons. The van der Waals surface area contributed by atoms with Gasteiger partial charge in [-0.1, -0.05) is 13.8 Å². The fourth-order valence-electron chi connectivity index (χ4n) is 1.56. The molecule has 4 heteroatoms. The topological polar surface area (TPSA) is 60.1 Å². The van der Waals surface area contributed by atoms with Crippen LogP contribution in [-0.2, 0) is 0 Å². The number of nitrogens with two attached hydrogens (primary N) is 1. The van der Waals surface area contributed by atoms with E-state index in [9.17, 15) is 4.79 Å². The van der Waals surface area contributed by atoms with Crippen LogP contribution in [0.3, 0.4) is 0 Å². The van der Waals surface area contributed by atoms with Gasteiger partial charge in [-0.2, -0.15) is 0 Å². The second-order valence-corrected chi connectivity index (χ2v) is 5.17. The fraction of sp³-hybridized carbons (Fsp3) is 0.615. The van der Waals surface area contributed by atoms with Crippen LogP contribution in [0.1, 0.15) is 51.1 Å². The highest BCUT2D eigenvalue weighted by atomic mass is 16.2. The molecule has 1 rings (SSSR count). The van der Waals surface area contributed by atoms with E-state index in [1.54, 1.807) is 12.3 Å². The van der Waals surface area contributed by atoms with Gasteiger partial charge in [0.2, 0.25) is 0 Å². The Morgan fingerprint density at radius 2 is 1.88 bits per heavy atom. The molecule has 17 heavy (non-hydrogen) atoms. The van der Waals surface area contributed by atoms with Gasteiger partial charge >= 0.3 is 0 Å². The summed E-state index contributed by atoms with van der Waals surface area (Å²) in [6.07, 6.45) is 1.81.